The van der Waals surface area contributed by atoms with Crippen molar-refractivity contribution in [2.24, 2.45) is 0 Å². The number of nitro benzene ring substituents is 1. The van der Waals surface area contributed by atoms with Crippen LogP contribution < -0.4 is 20.1 Å². The van der Waals surface area contributed by atoms with Crippen LogP contribution in [-0.4, -0.2) is 41.4 Å². The van der Waals surface area contributed by atoms with E-state index in [4.69, 9.17) is 17.0 Å². The van der Waals surface area contributed by atoms with E-state index in [9.17, 15) is 23.3 Å². The minimum atomic E-state index is -3.97. The zero-order valence-electron chi connectivity index (χ0n) is 18.0. The molecule has 0 aliphatic carbocycles. The third-order valence-electron chi connectivity index (χ3n) is 4.26. The van der Waals surface area contributed by atoms with E-state index in [1.807, 2.05) is 0 Å². The van der Waals surface area contributed by atoms with Crippen LogP contribution in [0.5, 0.6) is 5.88 Å². The number of sulfonamides is 1. The molecule has 0 aliphatic rings. The van der Waals surface area contributed by atoms with E-state index in [0.717, 1.165) is 0 Å². The molecule has 0 atom stereocenters. The maximum absolute atomic E-state index is 12.6. The summed E-state index contributed by atoms with van der Waals surface area (Å²) in [6.45, 7) is 0. The zero-order chi connectivity index (χ0) is 25.4. The summed E-state index contributed by atoms with van der Waals surface area (Å²) in [7, 11) is -2.63. The molecule has 3 N–H and O–H groups in total. The lowest BCUT2D eigenvalue weighted by Crippen LogP contribution is -2.32. The van der Waals surface area contributed by atoms with Crippen LogP contribution in [-0.2, 0) is 14.8 Å². The molecular weight excluding hydrogens is 496 g/mol. The van der Waals surface area contributed by atoms with Gasteiger partial charge in [0.2, 0.25) is 11.7 Å². The summed E-state index contributed by atoms with van der Waals surface area (Å²) in [5, 5.41) is 16.0. The van der Waals surface area contributed by atoms with Crippen molar-refractivity contribution in [1.82, 2.24) is 15.3 Å². The van der Waals surface area contributed by atoms with E-state index in [1.165, 1.54) is 74.1 Å². The molecule has 0 saturated heterocycles. The molecule has 3 rings (SSSR count). The fourth-order valence-electron chi connectivity index (χ4n) is 2.68. The maximum atomic E-state index is 12.6. The van der Waals surface area contributed by atoms with E-state index in [0.29, 0.717) is 11.3 Å². The molecule has 1 aromatic heterocycles. The van der Waals surface area contributed by atoms with E-state index < -0.39 is 20.9 Å². The molecule has 1 heterocycles. The minimum absolute atomic E-state index is 0.0231. The number of nitrogens with one attached hydrogen (secondary N) is 3. The lowest BCUT2D eigenvalue weighted by Gasteiger charge is -2.11. The Balaban J connectivity index is 1.59. The predicted octanol–water partition coefficient (Wildman–Crippen LogP) is 2.72. The number of ether oxygens (including phenoxy) is 1. The summed E-state index contributed by atoms with van der Waals surface area (Å²) in [6, 6.07) is 11.4. The lowest BCUT2D eigenvalue weighted by molar-refractivity contribution is -0.384. The molecular formula is C21H18N6O6S2. The van der Waals surface area contributed by atoms with Crippen LogP contribution in [0.2, 0.25) is 0 Å². The summed E-state index contributed by atoms with van der Waals surface area (Å²) in [5.74, 6) is -0.593. The van der Waals surface area contributed by atoms with Gasteiger partial charge in [-0.1, -0.05) is 12.1 Å². The molecule has 3 aromatic rings. The number of non-ortho nitro benzene ring substituents is 1. The first-order valence-corrected chi connectivity index (χ1v) is 11.6. The van der Waals surface area contributed by atoms with Crippen molar-refractivity contribution < 1.29 is 22.9 Å². The van der Waals surface area contributed by atoms with E-state index in [2.05, 4.69) is 25.3 Å². The fourth-order valence-corrected chi connectivity index (χ4v) is 3.90. The molecule has 0 unspecified atom stereocenters. The topological polar surface area (TPSA) is 165 Å². The van der Waals surface area contributed by atoms with Crippen molar-refractivity contribution in [3.05, 3.63) is 82.7 Å². The fraction of sp³-hybridized carbons (Fsp3) is 0.0476. The molecule has 2 aromatic carbocycles. The van der Waals surface area contributed by atoms with Crippen molar-refractivity contribution in [2.75, 3.05) is 17.1 Å². The number of aromatic nitrogens is 2. The molecule has 0 aliphatic heterocycles. The first-order valence-electron chi connectivity index (χ1n) is 9.70. The van der Waals surface area contributed by atoms with Gasteiger partial charge in [0.25, 0.3) is 21.6 Å². The lowest BCUT2D eigenvalue weighted by atomic mass is 10.2. The number of nitrogens with zero attached hydrogens (tertiary/aromatic N) is 3. The molecule has 0 spiro atoms. The maximum Gasteiger partial charge on any atom is 0.270 e. The molecule has 0 radical (unpaired) electrons. The van der Waals surface area contributed by atoms with Crippen molar-refractivity contribution >= 4 is 56.5 Å². The van der Waals surface area contributed by atoms with Gasteiger partial charge in [-0.2, -0.15) is 0 Å². The number of thiocarbonyl (C=S) groups is 1. The van der Waals surface area contributed by atoms with Gasteiger partial charge in [0.15, 0.2) is 5.11 Å². The van der Waals surface area contributed by atoms with Crippen LogP contribution in [0.15, 0.2) is 71.9 Å². The average Bonchev–Trinajstić information content (AvgIpc) is 2.83. The number of hydrogen-bond donors (Lipinski definition) is 3. The van der Waals surface area contributed by atoms with Crippen LogP contribution in [0, 0.1) is 10.1 Å². The SMILES string of the molecule is COc1nccnc1NS(=O)(=O)c1ccc(NC(=S)NC(=O)/C=C/c2cccc([N+](=O)[O-])c2)cc1. The molecule has 180 valence electrons. The highest BCUT2D eigenvalue weighted by atomic mass is 32.2. The number of carbonyl (C=O) groups excluding carboxylic acids is 1. The van der Waals surface area contributed by atoms with E-state index in [-0.39, 0.29) is 27.4 Å². The van der Waals surface area contributed by atoms with Crippen LogP contribution in [0.25, 0.3) is 6.08 Å². The third-order valence-corrected chi connectivity index (χ3v) is 5.82. The highest BCUT2D eigenvalue weighted by Crippen LogP contribution is 2.22. The van der Waals surface area contributed by atoms with E-state index in [1.54, 1.807) is 6.07 Å². The first-order chi connectivity index (χ1) is 16.7. The largest absolute Gasteiger partial charge is 0.478 e. The predicted molar refractivity (Wildman–Crippen MR) is 132 cm³/mol. The highest BCUT2D eigenvalue weighted by molar-refractivity contribution is 7.92. The second-order valence-electron chi connectivity index (χ2n) is 6.67. The summed E-state index contributed by atoms with van der Waals surface area (Å²) >= 11 is 5.09. The molecule has 1 amide bonds. The summed E-state index contributed by atoms with van der Waals surface area (Å²) in [4.78, 5) is 30.1. The number of nitro groups is 1. The Morgan fingerprint density at radius 2 is 1.86 bits per heavy atom. The third kappa shape index (κ3) is 7.02. The van der Waals surface area contributed by atoms with Crippen LogP contribution in [0.1, 0.15) is 5.56 Å². The average molecular weight is 515 g/mol. The number of hydrogen-bond acceptors (Lipinski definition) is 9. The van der Waals surface area contributed by atoms with Gasteiger partial charge >= 0.3 is 0 Å². The van der Waals surface area contributed by atoms with Gasteiger partial charge in [-0.15, -0.1) is 0 Å². The van der Waals surface area contributed by atoms with Crippen molar-refractivity contribution in [2.45, 2.75) is 4.90 Å². The van der Waals surface area contributed by atoms with Crippen LogP contribution in [0.3, 0.4) is 0 Å². The van der Waals surface area contributed by atoms with Crippen molar-refractivity contribution in [3.63, 3.8) is 0 Å². The number of benzene rings is 2. The molecule has 0 saturated carbocycles. The quantitative estimate of drug-likeness (QED) is 0.176. The molecule has 0 fully saturated rings. The Labute approximate surface area is 205 Å². The minimum Gasteiger partial charge on any atom is -0.478 e. The number of rotatable bonds is 8. The van der Waals surface area contributed by atoms with Gasteiger partial charge in [0.05, 0.1) is 16.9 Å². The molecule has 35 heavy (non-hydrogen) atoms. The first kappa shape index (κ1) is 25.2. The summed E-state index contributed by atoms with van der Waals surface area (Å²) in [5.41, 5.74) is 0.799. The molecule has 14 heteroatoms. The van der Waals surface area contributed by atoms with Crippen molar-refractivity contribution in [1.29, 1.82) is 0 Å². The highest BCUT2D eigenvalue weighted by Gasteiger charge is 2.18. The van der Waals surface area contributed by atoms with Gasteiger partial charge in [0.1, 0.15) is 0 Å². The summed E-state index contributed by atoms with van der Waals surface area (Å²) < 4.78 is 32.5. The molecule has 0 bridgehead atoms. The van der Waals surface area contributed by atoms with Gasteiger partial charge in [-0.05, 0) is 48.1 Å². The second-order valence-corrected chi connectivity index (χ2v) is 8.76. The Hall–Kier alpha value is -4.43. The Kier molecular flexibility index (Phi) is 8.01. The zero-order valence-corrected chi connectivity index (χ0v) is 19.7. The van der Waals surface area contributed by atoms with E-state index >= 15 is 0 Å². The standard InChI is InChI=1S/C21H18N6O6S2/c1-33-20-19(22-11-12-23-20)26-35(31,32)17-8-6-15(7-9-17)24-21(34)25-18(28)10-5-14-3-2-4-16(13-14)27(29)30/h2-13H,1H3,(H,22,26)(H2,24,25,28,34)/b10-5+. The smallest absolute Gasteiger partial charge is 0.270 e. The van der Waals surface area contributed by atoms with Crippen LogP contribution >= 0.6 is 12.2 Å². The number of amides is 1. The monoisotopic (exact) mass is 514 g/mol. The second kappa shape index (κ2) is 11.1. The molecule has 12 nitrogen and oxygen atoms in total. The Morgan fingerprint density at radius 3 is 2.54 bits per heavy atom. The van der Waals surface area contributed by atoms with Gasteiger partial charge in [-0.25, -0.2) is 18.4 Å². The van der Waals surface area contributed by atoms with Gasteiger partial charge in [-0.3, -0.25) is 24.9 Å². The Morgan fingerprint density at radius 1 is 1.14 bits per heavy atom. The Bertz CT molecular complexity index is 1390. The van der Waals surface area contributed by atoms with Gasteiger partial charge < -0.3 is 10.1 Å². The number of methoxy groups -OCH3 is 1. The van der Waals surface area contributed by atoms with Crippen LogP contribution in [0.4, 0.5) is 17.2 Å². The normalized spacial score (nSPS) is 11.0. The number of anilines is 2. The van der Waals surface area contributed by atoms with Crippen molar-refractivity contribution in [3.8, 4) is 5.88 Å². The van der Waals surface area contributed by atoms with Gasteiger partial charge in [0, 0.05) is 36.3 Å². The number of carbonyl (C=O) groups is 1. The summed E-state index contributed by atoms with van der Waals surface area (Å²) in [6.07, 6.45) is 5.27.